The van der Waals surface area contributed by atoms with Crippen LogP contribution < -0.4 is 0 Å². The Morgan fingerprint density at radius 3 is 2.29 bits per heavy atom. The summed E-state index contributed by atoms with van der Waals surface area (Å²) in [5.41, 5.74) is 6.45. The lowest BCUT2D eigenvalue weighted by molar-refractivity contribution is 0.707. The Morgan fingerprint density at radius 2 is 1.67 bits per heavy atom. The number of unbranched alkanes of at least 4 members (excludes halogenated alkanes) is 3. The van der Waals surface area contributed by atoms with Crippen LogP contribution in [0.3, 0.4) is 0 Å². The van der Waals surface area contributed by atoms with Crippen LogP contribution in [0.1, 0.15) is 75.1 Å². The number of nitrogens with zero attached hydrogens (tertiary/aromatic N) is 1. The molecule has 0 aliphatic heterocycles. The lowest BCUT2D eigenvalue weighted by Gasteiger charge is -2.14. The maximum atomic E-state index is 5.31. The van der Waals surface area contributed by atoms with Gasteiger partial charge in [0, 0.05) is 6.04 Å². The highest BCUT2D eigenvalue weighted by molar-refractivity contribution is 6.00. The van der Waals surface area contributed by atoms with Crippen LogP contribution >= 0.6 is 0 Å². The minimum atomic E-state index is 0.952. The third kappa shape index (κ3) is 5.38. The average Bonchev–Trinajstić information content (AvgIpc) is 2.46. The molecule has 0 saturated carbocycles. The first-order chi connectivity index (χ1) is 10.1. The van der Waals surface area contributed by atoms with Crippen molar-refractivity contribution in [1.82, 2.24) is 0 Å². The smallest absolute Gasteiger partial charge is 0.0554 e. The van der Waals surface area contributed by atoms with Crippen molar-refractivity contribution in [2.75, 3.05) is 0 Å². The van der Waals surface area contributed by atoms with Gasteiger partial charge in [-0.25, -0.2) is 4.99 Å². The van der Waals surface area contributed by atoms with Gasteiger partial charge in [0.15, 0.2) is 0 Å². The standard InChI is InChI=1S/C20H29N/c1-6-9-11-13-18-14-16(4)20(17(5)21-8-3)15-19(18)12-10-7-2/h3,14-15H,6-7,9-13H2,1-2,4-5H3. The molecule has 0 aromatic heterocycles. The van der Waals surface area contributed by atoms with E-state index >= 15 is 0 Å². The van der Waals surface area contributed by atoms with Crippen molar-refractivity contribution >= 4 is 5.71 Å². The Hall–Kier alpha value is -1.55. The lowest BCUT2D eigenvalue weighted by atomic mass is 9.91. The Morgan fingerprint density at radius 1 is 1.05 bits per heavy atom. The van der Waals surface area contributed by atoms with E-state index in [1.54, 1.807) is 0 Å². The molecule has 1 rings (SSSR count). The predicted octanol–water partition coefficient (Wildman–Crippen LogP) is 5.47. The van der Waals surface area contributed by atoms with E-state index < -0.39 is 0 Å². The van der Waals surface area contributed by atoms with Gasteiger partial charge in [0.05, 0.1) is 5.71 Å². The second-order valence-corrected chi connectivity index (χ2v) is 5.82. The topological polar surface area (TPSA) is 12.4 Å². The zero-order valence-corrected chi connectivity index (χ0v) is 14.1. The minimum absolute atomic E-state index is 0.952. The summed E-state index contributed by atoms with van der Waals surface area (Å²) >= 11 is 0. The normalized spacial score (nSPS) is 11.5. The molecule has 0 unspecified atom stereocenters. The van der Waals surface area contributed by atoms with Gasteiger partial charge in [-0.3, -0.25) is 0 Å². The maximum absolute atomic E-state index is 5.31. The molecule has 1 heteroatoms. The van der Waals surface area contributed by atoms with Crippen LogP contribution in [-0.2, 0) is 12.8 Å². The number of aliphatic imine (C=N–C) groups is 1. The van der Waals surface area contributed by atoms with Gasteiger partial charge >= 0.3 is 0 Å². The summed E-state index contributed by atoms with van der Waals surface area (Å²) in [7, 11) is 0. The van der Waals surface area contributed by atoms with Gasteiger partial charge in [-0.2, -0.15) is 0 Å². The van der Waals surface area contributed by atoms with E-state index in [1.165, 1.54) is 60.8 Å². The van der Waals surface area contributed by atoms with Crippen molar-refractivity contribution in [1.29, 1.82) is 0 Å². The van der Waals surface area contributed by atoms with Crippen molar-refractivity contribution in [3.05, 3.63) is 34.4 Å². The number of rotatable bonds is 8. The Balaban J connectivity index is 3.10. The molecular formula is C20H29N. The molecule has 0 spiro atoms. The fourth-order valence-electron chi connectivity index (χ4n) is 2.76. The van der Waals surface area contributed by atoms with Gasteiger partial charge in [0.2, 0.25) is 0 Å². The summed E-state index contributed by atoms with van der Waals surface area (Å²) in [6.07, 6.45) is 14.0. The van der Waals surface area contributed by atoms with Crippen molar-refractivity contribution in [3.63, 3.8) is 0 Å². The summed E-state index contributed by atoms with van der Waals surface area (Å²) in [4.78, 5) is 4.13. The second-order valence-electron chi connectivity index (χ2n) is 5.82. The Labute approximate surface area is 130 Å². The first kappa shape index (κ1) is 17.5. The van der Waals surface area contributed by atoms with E-state index in [0.29, 0.717) is 0 Å². The minimum Gasteiger partial charge on any atom is -0.202 e. The highest BCUT2D eigenvalue weighted by Crippen LogP contribution is 2.22. The van der Waals surface area contributed by atoms with Crippen molar-refractivity contribution in [3.8, 4) is 12.5 Å². The summed E-state index contributed by atoms with van der Waals surface area (Å²) in [5, 5.41) is 0. The van der Waals surface area contributed by atoms with Crippen LogP contribution in [0.5, 0.6) is 0 Å². The molecule has 21 heavy (non-hydrogen) atoms. The molecule has 0 bridgehead atoms. The number of hydrogen-bond acceptors (Lipinski definition) is 1. The average molecular weight is 283 g/mol. The molecule has 0 fully saturated rings. The number of terminal acetylenes is 1. The van der Waals surface area contributed by atoms with E-state index in [2.05, 4.69) is 43.9 Å². The van der Waals surface area contributed by atoms with Crippen molar-refractivity contribution in [2.24, 2.45) is 4.99 Å². The summed E-state index contributed by atoms with van der Waals surface area (Å²) < 4.78 is 0. The molecule has 0 N–H and O–H groups in total. The first-order valence-electron chi connectivity index (χ1n) is 8.26. The van der Waals surface area contributed by atoms with Crippen LogP contribution in [0, 0.1) is 19.4 Å². The van der Waals surface area contributed by atoms with Gasteiger partial charge in [-0.05, 0) is 67.9 Å². The fourth-order valence-corrected chi connectivity index (χ4v) is 2.76. The summed E-state index contributed by atoms with van der Waals surface area (Å²) in [5.74, 6) is 0. The van der Waals surface area contributed by atoms with Crippen LogP contribution in [0.25, 0.3) is 0 Å². The first-order valence-corrected chi connectivity index (χ1v) is 8.26. The van der Waals surface area contributed by atoms with E-state index in [1.807, 2.05) is 6.92 Å². The van der Waals surface area contributed by atoms with Gasteiger partial charge in [-0.15, -0.1) is 0 Å². The largest absolute Gasteiger partial charge is 0.202 e. The van der Waals surface area contributed by atoms with Crippen LogP contribution in [0.15, 0.2) is 17.1 Å². The van der Waals surface area contributed by atoms with Crippen LogP contribution in [0.4, 0.5) is 0 Å². The molecule has 0 radical (unpaired) electrons. The molecule has 0 aliphatic rings. The van der Waals surface area contributed by atoms with Gasteiger partial charge in [0.1, 0.15) is 0 Å². The highest BCUT2D eigenvalue weighted by Gasteiger charge is 2.09. The number of hydrogen-bond donors (Lipinski definition) is 0. The molecule has 114 valence electrons. The molecule has 0 aliphatic carbocycles. The van der Waals surface area contributed by atoms with Gasteiger partial charge in [-0.1, -0.05) is 45.6 Å². The monoisotopic (exact) mass is 283 g/mol. The lowest BCUT2D eigenvalue weighted by Crippen LogP contribution is -2.04. The van der Waals surface area contributed by atoms with E-state index in [4.69, 9.17) is 6.42 Å². The zero-order valence-electron chi connectivity index (χ0n) is 14.1. The van der Waals surface area contributed by atoms with Gasteiger partial charge < -0.3 is 0 Å². The van der Waals surface area contributed by atoms with E-state index in [9.17, 15) is 0 Å². The predicted molar refractivity (Wildman–Crippen MR) is 94.1 cm³/mol. The second kappa shape index (κ2) is 9.40. The van der Waals surface area contributed by atoms with Crippen molar-refractivity contribution in [2.45, 2.75) is 72.6 Å². The van der Waals surface area contributed by atoms with E-state index in [-0.39, 0.29) is 0 Å². The SMILES string of the molecule is C#CN=C(C)c1cc(CCCC)c(CCCCC)cc1C. The third-order valence-electron chi connectivity index (χ3n) is 4.02. The molecule has 0 amide bonds. The van der Waals surface area contributed by atoms with Crippen LogP contribution in [-0.4, -0.2) is 5.71 Å². The fraction of sp³-hybridized carbons (Fsp3) is 0.550. The quantitative estimate of drug-likeness (QED) is 0.341. The third-order valence-corrected chi connectivity index (χ3v) is 4.02. The maximum Gasteiger partial charge on any atom is 0.0554 e. The highest BCUT2D eigenvalue weighted by atomic mass is 14.7. The number of aryl methyl sites for hydroxylation is 3. The zero-order chi connectivity index (χ0) is 15.7. The molecule has 0 atom stereocenters. The molecule has 1 nitrogen and oxygen atoms in total. The molecule has 0 heterocycles. The van der Waals surface area contributed by atoms with Crippen LogP contribution in [0.2, 0.25) is 0 Å². The Bertz CT molecular complexity index is 517. The molecule has 1 aromatic carbocycles. The Kier molecular flexibility index (Phi) is 7.83. The van der Waals surface area contributed by atoms with Gasteiger partial charge in [0.25, 0.3) is 0 Å². The van der Waals surface area contributed by atoms with E-state index in [0.717, 1.165) is 12.1 Å². The van der Waals surface area contributed by atoms with Crippen molar-refractivity contribution < 1.29 is 0 Å². The molecule has 1 aromatic rings. The molecular weight excluding hydrogens is 254 g/mol. The summed E-state index contributed by atoms with van der Waals surface area (Å²) in [6.45, 7) is 8.67. The summed E-state index contributed by atoms with van der Waals surface area (Å²) in [6, 6.07) is 7.07. The number of benzene rings is 1. The molecule has 0 saturated heterocycles.